The van der Waals surface area contributed by atoms with Crippen molar-refractivity contribution in [1.82, 2.24) is 24.5 Å². The number of anilines is 2. The lowest BCUT2D eigenvalue weighted by atomic mass is 10.3. The highest BCUT2D eigenvalue weighted by Crippen LogP contribution is 2.23. The van der Waals surface area contributed by atoms with Crippen molar-refractivity contribution in [3.63, 3.8) is 0 Å². The van der Waals surface area contributed by atoms with Crippen molar-refractivity contribution in [2.45, 2.75) is 0 Å². The Labute approximate surface area is 175 Å². The van der Waals surface area contributed by atoms with E-state index in [1.165, 1.54) is 0 Å². The SMILES string of the molecule is S=c1nc(-c2ncccn2)nc(Nc2ccc(Cl)cc2)n1-c1ccc(Cl)cc1. The third-order valence-electron chi connectivity index (χ3n) is 3.77. The van der Waals surface area contributed by atoms with Crippen LogP contribution in [0, 0.1) is 4.77 Å². The fourth-order valence-electron chi connectivity index (χ4n) is 2.49. The van der Waals surface area contributed by atoms with E-state index >= 15 is 0 Å². The molecule has 0 radical (unpaired) electrons. The monoisotopic (exact) mass is 426 g/mol. The predicted octanol–water partition coefficient (Wildman–Crippen LogP) is 5.50. The van der Waals surface area contributed by atoms with Crippen molar-refractivity contribution >= 4 is 47.1 Å². The molecule has 2 aromatic heterocycles. The van der Waals surface area contributed by atoms with Crippen molar-refractivity contribution < 1.29 is 0 Å². The molecule has 0 amide bonds. The summed E-state index contributed by atoms with van der Waals surface area (Å²) in [6.45, 7) is 0. The molecule has 2 aromatic carbocycles. The highest BCUT2D eigenvalue weighted by atomic mass is 35.5. The van der Waals surface area contributed by atoms with Gasteiger partial charge in [-0.1, -0.05) is 23.2 Å². The second-order valence-corrected chi connectivity index (χ2v) is 6.91. The maximum absolute atomic E-state index is 6.02. The molecule has 0 aliphatic rings. The van der Waals surface area contributed by atoms with E-state index in [0.29, 0.717) is 32.4 Å². The Hall–Kier alpha value is -2.87. The highest BCUT2D eigenvalue weighted by Gasteiger charge is 2.13. The number of halogens is 2. The molecule has 0 aliphatic carbocycles. The van der Waals surface area contributed by atoms with Gasteiger partial charge in [-0.05, 0) is 66.8 Å². The largest absolute Gasteiger partial charge is 0.325 e. The first-order valence-corrected chi connectivity index (χ1v) is 9.33. The average Bonchev–Trinajstić information content (AvgIpc) is 2.71. The first-order valence-electron chi connectivity index (χ1n) is 8.17. The van der Waals surface area contributed by atoms with Crippen LogP contribution in [0.4, 0.5) is 11.6 Å². The van der Waals surface area contributed by atoms with Gasteiger partial charge < -0.3 is 5.32 Å². The quantitative estimate of drug-likeness (QED) is 0.434. The van der Waals surface area contributed by atoms with Crippen LogP contribution in [-0.4, -0.2) is 24.5 Å². The molecule has 1 N–H and O–H groups in total. The number of hydrogen-bond donors (Lipinski definition) is 1. The molecule has 28 heavy (non-hydrogen) atoms. The number of nitrogens with one attached hydrogen (secondary N) is 1. The third-order valence-corrected chi connectivity index (χ3v) is 4.55. The molecule has 0 fully saturated rings. The summed E-state index contributed by atoms with van der Waals surface area (Å²) in [6, 6.07) is 16.2. The molecule has 6 nitrogen and oxygen atoms in total. The first-order chi connectivity index (χ1) is 13.6. The van der Waals surface area contributed by atoms with Crippen molar-refractivity contribution in [1.29, 1.82) is 0 Å². The van der Waals surface area contributed by atoms with Crippen LogP contribution in [0.25, 0.3) is 17.3 Å². The van der Waals surface area contributed by atoms with Crippen LogP contribution < -0.4 is 5.32 Å². The Balaban J connectivity index is 1.87. The van der Waals surface area contributed by atoms with E-state index in [1.807, 2.05) is 24.3 Å². The average molecular weight is 427 g/mol. The number of nitrogens with zero attached hydrogens (tertiary/aromatic N) is 5. The van der Waals surface area contributed by atoms with E-state index < -0.39 is 0 Å². The summed E-state index contributed by atoms with van der Waals surface area (Å²) >= 11 is 17.5. The van der Waals surface area contributed by atoms with Gasteiger partial charge in [-0.25, -0.2) is 9.97 Å². The molecule has 0 saturated carbocycles. The molecule has 0 aliphatic heterocycles. The Bertz CT molecular complexity index is 1160. The van der Waals surface area contributed by atoms with Gasteiger partial charge in [-0.3, -0.25) is 4.57 Å². The topological polar surface area (TPSA) is 68.5 Å². The maximum atomic E-state index is 6.02. The molecular formula is C19H12Cl2N6S. The van der Waals surface area contributed by atoms with Crippen LogP contribution in [0.5, 0.6) is 0 Å². The molecule has 2 heterocycles. The second kappa shape index (κ2) is 8.02. The Kier molecular flexibility index (Phi) is 5.29. The standard InChI is InChI=1S/C19H12Cl2N6S/c20-12-2-6-14(7-3-12)24-18-25-17(16-22-10-1-11-23-16)26-19(28)27(18)15-8-4-13(21)5-9-15/h1-11H,(H,24,25,26,28). The van der Waals surface area contributed by atoms with Crippen LogP contribution in [0.1, 0.15) is 0 Å². The van der Waals surface area contributed by atoms with Gasteiger partial charge in [0.15, 0.2) is 5.82 Å². The minimum Gasteiger partial charge on any atom is -0.325 e. The van der Waals surface area contributed by atoms with Gasteiger partial charge in [0.25, 0.3) is 0 Å². The Morgan fingerprint density at radius 3 is 2.04 bits per heavy atom. The van der Waals surface area contributed by atoms with Gasteiger partial charge in [-0.2, -0.15) is 9.97 Å². The number of aromatic nitrogens is 5. The van der Waals surface area contributed by atoms with E-state index in [4.69, 9.17) is 35.4 Å². The van der Waals surface area contributed by atoms with Crippen LogP contribution in [0.3, 0.4) is 0 Å². The lowest BCUT2D eigenvalue weighted by Crippen LogP contribution is -2.11. The summed E-state index contributed by atoms with van der Waals surface area (Å²) in [6.07, 6.45) is 3.25. The molecular weight excluding hydrogens is 415 g/mol. The smallest absolute Gasteiger partial charge is 0.216 e. The maximum Gasteiger partial charge on any atom is 0.216 e. The van der Waals surface area contributed by atoms with Gasteiger partial charge in [0.05, 0.1) is 5.69 Å². The highest BCUT2D eigenvalue weighted by molar-refractivity contribution is 7.71. The van der Waals surface area contributed by atoms with E-state index in [0.717, 1.165) is 11.4 Å². The zero-order chi connectivity index (χ0) is 19.5. The molecule has 138 valence electrons. The third kappa shape index (κ3) is 4.01. The minimum absolute atomic E-state index is 0.302. The molecule has 0 bridgehead atoms. The summed E-state index contributed by atoms with van der Waals surface area (Å²) in [5.41, 5.74) is 1.56. The molecule has 0 atom stereocenters. The molecule has 9 heteroatoms. The summed E-state index contributed by atoms with van der Waals surface area (Å²) in [4.78, 5) is 17.4. The van der Waals surface area contributed by atoms with Gasteiger partial charge in [0.2, 0.25) is 16.5 Å². The molecule has 0 saturated heterocycles. The van der Waals surface area contributed by atoms with Crippen molar-refractivity contribution in [3.8, 4) is 17.3 Å². The fraction of sp³-hybridized carbons (Fsp3) is 0. The summed E-state index contributed by atoms with van der Waals surface area (Å²) in [7, 11) is 0. The zero-order valence-electron chi connectivity index (χ0n) is 14.3. The van der Waals surface area contributed by atoms with Crippen LogP contribution in [0.2, 0.25) is 10.0 Å². The Morgan fingerprint density at radius 1 is 0.786 bits per heavy atom. The van der Waals surface area contributed by atoms with Gasteiger partial charge in [0, 0.05) is 28.1 Å². The number of rotatable bonds is 4. The van der Waals surface area contributed by atoms with Gasteiger partial charge in [0.1, 0.15) is 0 Å². The van der Waals surface area contributed by atoms with E-state index in [9.17, 15) is 0 Å². The van der Waals surface area contributed by atoms with E-state index in [2.05, 4.69) is 25.3 Å². The minimum atomic E-state index is 0.302. The van der Waals surface area contributed by atoms with E-state index in [-0.39, 0.29) is 0 Å². The summed E-state index contributed by atoms with van der Waals surface area (Å²) in [5, 5.41) is 4.52. The number of benzene rings is 2. The lowest BCUT2D eigenvalue weighted by molar-refractivity contribution is 0.901. The zero-order valence-corrected chi connectivity index (χ0v) is 16.6. The molecule has 0 unspecified atom stereocenters. The lowest BCUT2D eigenvalue weighted by Gasteiger charge is -2.15. The Morgan fingerprint density at radius 2 is 1.39 bits per heavy atom. The molecule has 0 spiro atoms. The molecule has 4 rings (SSSR count). The van der Waals surface area contributed by atoms with Crippen molar-refractivity contribution in [2.24, 2.45) is 0 Å². The van der Waals surface area contributed by atoms with Crippen LogP contribution in [-0.2, 0) is 0 Å². The summed E-state index contributed by atoms with van der Waals surface area (Å²) < 4.78 is 2.02. The first kappa shape index (κ1) is 18.5. The van der Waals surface area contributed by atoms with Gasteiger partial charge in [-0.15, -0.1) is 0 Å². The summed E-state index contributed by atoms with van der Waals surface area (Å²) in [5.74, 6) is 1.18. The van der Waals surface area contributed by atoms with Crippen molar-refractivity contribution in [3.05, 3.63) is 81.8 Å². The van der Waals surface area contributed by atoms with Crippen LogP contribution >= 0.6 is 35.4 Å². The fourth-order valence-corrected chi connectivity index (χ4v) is 3.02. The van der Waals surface area contributed by atoms with Crippen molar-refractivity contribution in [2.75, 3.05) is 5.32 Å². The number of hydrogen-bond acceptors (Lipinski definition) is 6. The van der Waals surface area contributed by atoms with E-state index in [1.54, 1.807) is 47.3 Å². The normalized spacial score (nSPS) is 10.6. The van der Waals surface area contributed by atoms with Gasteiger partial charge >= 0.3 is 0 Å². The van der Waals surface area contributed by atoms with Crippen LogP contribution in [0.15, 0.2) is 67.0 Å². The predicted molar refractivity (Wildman–Crippen MR) is 113 cm³/mol. The molecule has 4 aromatic rings. The second-order valence-electron chi connectivity index (χ2n) is 5.67.